The predicted molar refractivity (Wildman–Crippen MR) is 129 cm³/mol. The molecule has 0 bridgehead atoms. The van der Waals surface area contributed by atoms with Crippen molar-refractivity contribution in [2.24, 2.45) is 5.10 Å². The molecule has 9 heteroatoms. The van der Waals surface area contributed by atoms with Crippen molar-refractivity contribution in [1.29, 1.82) is 0 Å². The number of halogens is 1. The van der Waals surface area contributed by atoms with Crippen LogP contribution in [0.15, 0.2) is 71.8 Å². The van der Waals surface area contributed by atoms with Crippen LogP contribution in [0.2, 0.25) is 0 Å². The van der Waals surface area contributed by atoms with Gasteiger partial charge < -0.3 is 19.5 Å². The van der Waals surface area contributed by atoms with Gasteiger partial charge in [0.05, 0.1) is 19.9 Å². The second kappa shape index (κ2) is 12.7. The van der Waals surface area contributed by atoms with Gasteiger partial charge in [-0.2, -0.15) is 5.10 Å². The van der Waals surface area contributed by atoms with E-state index in [1.807, 2.05) is 19.1 Å². The molecule has 0 aromatic heterocycles. The summed E-state index contributed by atoms with van der Waals surface area (Å²) in [7, 11) is 1.51. The summed E-state index contributed by atoms with van der Waals surface area (Å²) in [6.45, 7) is 1.76. The zero-order valence-electron chi connectivity index (χ0n) is 19.4. The minimum Gasteiger partial charge on any atom is -0.493 e. The summed E-state index contributed by atoms with van der Waals surface area (Å²) in [4.78, 5) is 23.8. The first-order valence-corrected chi connectivity index (χ1v) is 10.8. The molecule has 0 heterocycles. The number of benzene rings is 3. The predicted octanol–water partition coefficient (Wildman–Crippen LogP) is 3.37. The molecule has 0 atom stereocenters. The number of hydrazone groups is 1. The number of ether oxygens (including phenoxy) is 3. The van der Waals surface area contributed by atoms with Gasteiger partial charge in [0.2, 0.25) is 0 Å². The van der Waals surface area contributed by atoms with Crippen LogP contribution in [0, 0.1) is 12.7 Å². The summed E-state index contributed by atoms with van der Waals surface area (Å²) in [5.41, 5.74) is 4.90. The van der Waals surface area contributed by atoms with Gasteiger partial charge in [-0.05, 0) is 60.5 Å². The molecule has 182 valence electrons. The van der Waals surface area contributed by atoms with Crippen LogP contribution in [-0.4, -0.2) is 38.3 Å². The normalized spacial score (nSPS) is 10.6. The van der Waals surface area contributed by atoms with Crippen molar-refractivity contribution < 1.29 is 28.2 Å². The Hall–Kier alpha value is -4.40. The maximum Gasteiger partial charge on any atom is 0.259 e. The third-order valence-electron chi connectivity index (χ3n) is 4.74. The lowest BCUT2D eigenvalue weighted by Crippen LogP contribution is -2.37. The van der Waals surface area contributed by atoms with E-state index in [-0.39, 0.29) is 25.6 Å². The molecule has 3 aromatic rings. The summed E-state index contributed by atoms with van der Waals surface area (Å²) in [5, 5.41) is 6.35. The molecule has 0 radical (unpaired) electrons. The molecule has 3 aromatic carbocycles. The van der Waals surface area contributed by atoms with Crippen molar-refractivity contribution in [2.75, 3.05) is 20.3 Å². The minimum atomic E-state index is -0.490. The topological polar surface area (TPSA) is 98.2 Å². The number of carbonyl (C=O) groups is 2. The summed E-state index contributed by atoms with van der Waals surface area (Å²) in [6, 6.07) is 18.5. The van der Waals surface area contributed by atoms with Crippen molar-refractivity contribution in [2.45, 2.75) is 13.5 Å². The third kappa shape index (κ3) is 8.47. The number of aryl methyl sites for hydroxylation is 1. The van der Waals surface area contributed by atoms with Crippen molar-refractivity contribution in [1.82, 2.24) is 10.7 Å². The van der Waals surface area contributed by atoms with E-state index in [1.54, 1.807) is 42.5 Å². The van der Waals surface area contributed by atoms with E-state index < -0.39 is 11.8 Å². The molecular weight excluding hydrogens is 453 g/mol. The Labute approximate surface area is 202 Å². The van der Waals surface area contributed by atoms with Gasteiger partial charge in [0.25, 0.3) is 11.8 Å². The Bertz CT molecular complexity index is 1160. The Balaban J connectivity index is 1.42. The van der Waals surface area contributed by atoms with Gasteiger partial charge in [-0.25, -0.2) is 9.82 Å². The average Bonchev–Trinajstić information content (AvgIpc) is 2.87. The number of nitrogens with zero attached hydrogens (tertiary/aromatic N) is 1. The quantitative estimate of drug-likeness (QED) is 0.325. The van der Waals surface area contributed by atoms with Crippen LogP contribution in [-0.2, 0) is 16.2 Å². The molecule has 3 rings (SSSR count). The van der Waals surface area contributed by atoms with E-state index in [9.17, 15) is 14.0 Å². The molecule has 0 saturated heterocycles. The smallest absolute Gasteiger partial charge is 0.259 e. The molecule has 0 fully saturated rings. The number of rotatable bonds is 11. The van der Waals surface area contributed by atoms with Gasteiger partial charge in [-0.1, -0.05) is 29.8 Å². The van der Waals surface area contributed by atoms with Crippen LogP contribution in [0.4, 0.5) is 4.39 Å². The zero-order valence-corrected chi connectivity index (χ0v) is 19.4. The van der Waals surface area contributed by atoms with Crippen molar-refractivity contribution in [3.63, 3.8) is 0 Å². The van der Waals surface area contributed by atoms with E-state index in [0.29, 0.717) is 22.8 Å². The molecule has 2 N–H and O–H groups in total. The fourth-order valence-corrected chi connectivity index (χ4v) is 2.86. The van der Waals surface area contributed by atoms with E-state index in [1.165, 1.54) is 25.5 Å². The first kappa shape index (κ1) is 25.2. The monoisotopic (exact) mass is 479 g/mol. The minimum absolute atomic E-state index is 0.199. The molecule has 35 heavy (non-hydrogen) atoms. The lowest BCUT2D eigenvalue weighted by molar-refractivity contribution is -0.127. The fraction of sp³-hybridized carbons (Fsp3) is 0.192. The zero-order chi connectivity index (χ0) is 25.0. The summed E-state index contributed by atoms with van der Waals surface area (Å²) >= 11 is 0. The summed E-state index contributed by atoms with van der Waals surface area (Å²) in [5.74, 6) is 0.331. The van der Waals surface area contributed by atoms with Crippen LogP contribution in [0.5, 0.6) is 17.2 Å². The van der Waals surface area contributed by atoms with Gasteiger partial charge in [0.15, 0.2) is 18.1 Å². The Morgan fingerprint density at radius 3 is 2.40 bits per heavy atom. The highest BCUT2D eigenvalue weighted by atomic mass is 19.1. The van der Waals surface area contributed by atoms with Gasteiger partial charge in [-0.15, -0.1) is 0 Å². The highest BCUT2D eigenvalue weighted by Gasteiger charge is 2.08. The second-order valence-corrected chi connectivity index (χ2v) is 7.50. The lowest BCUT2D eigenvalue weighted by Gasteiger charge is -2.11. The molecule has 0 aliphatic rings. The van der Waals surface area contributed by atoms with Crippen molar-refractivity contribution >= 4 is 18.0 Å². The number of hydrogen-bond donors (Lipinski definition) is 2. The van der Waals surface area contributed by atoms with Gasteiger partial charge >= 0.3 is 0 Å². The van der Waals surface area contributed by atoms with Crippen LogP contribution in [0.3, 0.4) is 0 Å². The maximum atomic E-state index is 13.0. The number of amides is 2. The van der Waals surface area contributed by atoms with Gasteiger partial charge in [0, 0.05) is 0 Å². The van der Waals surface area contributed by atoms with Crippen LogP contribution < -0.4 is 25.0 Å². The second-order valence-electron chi connectivity index (χ2n) is 7.50. The number of hydrogen-bond acceptors (Lipinski definition) is 6. The fourth-order valence-electron chi connectivity index (χ4n) is 2.86. The largest absolute Gasteiger partial charge is 0.493 e. The van der Waals surface area contributed by atoms with E-state index in [2.05, 4.69) is 15.8 Å². The van der Waals surface area contributed by atoms with E-state index in [0.717, 1.165) is 11.1 Å². The van der Waals surface area contributed by atoms with Crippen molar-refractivity contribution in [3.8, 4) is 17.2 Å². The Morgan fingerprint density at radius 1 is 0.943 bits per heavy atom. The molecule has 0 aliphatic carbocycles. The first-order valence-electron chi connectivity index (χ1n) is 10.8. The molecule has 0 spiro atoms. The third-order valence-corrected chi connectivity index (χ3v) is 4.74. The number of carbonyl (C=O) groups excluding carboxylic acids is 2. The summed E-state index contributed by atoms with van der Waals surface area (Å²) < 4.78 is 29.5. The molecule has 0 aliphatic heterocycles. The highest BCUT2D eigenvalue weighted by molar-refractivity contribution is 5.87. The standard InChI is InChI=1S/C26H26FN3O5/c1-18-3-10-22(11-4-18)34-17-26(32)28-15-25(31)30-29-14-20-7-12-23(24(13-20)33-2)35-16-19-5-8-21(27)9-6-19/h3-14H,15-17H2,1-2H3,(H,28,32)(H,30,31)/b29-14-. The van der Waals surface area contributed by atoms with E-state index >= 15 is 0 Å². The van der Waals surface area contributed by atoms with Crippen LogP contribution in [0.25, 0.3) is 0 Å². The van der Waals surface area contributed by atoms with Crippen LogP contribution in [0.1, 0.15) is 16.7 Å². The highest BCUT2D eigenvalue weighted by Crippen LogP contribution is 2.28. The molecule has 2 amide bonds. The lowest BCUT2D eigenvalue weighted by atomic mass is 10.2. The number of nitrogens with one attached hydrogen (secondary N) is 2. The Morgan fingerprint density at radius 2 is 1.69 bits per heavy atom. The van der Waals surface area contributed by atoms with Crippen molar-refractivity contribution in [3.05, 3.63) is 89.2 Å². The average molecular weight is 480 g/mol. The molecule has 8 nitrogen and oxygen atoms in total. The first-order chi connectivity index (χ1) is 16.9. The Kier molecular flexibility index (Phi) is 9.18. The van der Waals surface area contributed by atoms with Gasteiger partial charge in [0.1, 0.15) is 18.2 Å². The molecular formula is C26H26FN3O5. The summed E-state index contributed by atoms with van der Waals surface area (Å²) in [6.07, 6.45) is 1.44. The van der Waals surface area contributed by atoms with Gasteiger partial charge in [-0.3, -0.25) is 9.59 Å². The SMILES string of the molecule is COc1cc(/C=N\NC(=O)CNC(=O)COc2ccc(C)cc2)ccc1OCc1ccc(F)cc1. The van der Waals surface area contributed by atoms with Crippen LogP contribution >= 0.6 is 0 Å². The number of methoxy groups -OCH3 is 1. The maximum absolute atomic E-state index is 13.0. The molecule has 0 saturated carbocycles. The molecule has 0 unspecified atom stereocenters. The van der Waals surface area contributed by atoms with E-state index in [4.69, 9.17) is 14.2 Å².